The lowest BCUT2D eigenvalue weighted by Gasteiger charge is -2.25. The van der Waals surface area contributed by atoms with Crippen LogP contribution in [0.5, 0.6) is 0 Å². The summed E-state index contributed by atoms with van der Waals surface area (Å²) < 4.78 is 15.5. The van der Waals surface area contributed by atoms with E-state index in [1.165, 1.54) is 19.1 Å². The first-order valence-electron chi connectivity index (χ1n) is 7.77. The van der Waals surface area contributed by atoms with Gasteiger partial charge in [0.15, 0.2) is 0 Å². The molecule has 1 aromatic carbocycles. The van der Waals surface area contributed by atoms with Crippen LogP contribution < -0.4 is 0 Å². The maximum Gasteiger partial charge on any atom is 0.361 e. The molecule has 1 saturated carbocycles. The Balaban J connectivity index is 1.99. The van der Waals surface area contributed by atoms with Gasteiger partial charge in [0.25, 0.3) is 0 Å². The van der Waals surface area contributed by atoms with Crippen molar-refractivity contribution >= 4 is 23.4 Å². The van der Waals surface area contributed by atoms with Gasteiger partial charge in [-0.15, -0.1) is 11.8 Å². The summed E-state index contributed by atoms with van der Waals surface area (Å²) >= 11 is 1.73. The normalized spacial score (nSPS) is 20.6. The Morgan fingerprint density at radius 3 is 2.54 bits per heavy atom. The van der Waals surface area contributed by atoms with Gasteiger partial charge >= 0.3 is 5.97 Å². The van der Waals surface area contributed by atoms with E-state index in [2.05, 4.69) is 17.3 Å². The Kier molecular flexibility index (Phi) is 6.65. The summed E-state index contributed by atoms with van der Waals surface area (Å²) in [7, 11) is 2.87. The molecule has 0 spiro atoms. The van der Waals surface area contributed by atoms with E-state index in [1.807, 2.05) is 18.2 Å². The summed E-state index contributed by atoms with van der Waals surface area (Å²) in [6, 6.07) is 10.1. The largest absolute Gasteiger partial charge is 0.461 e. The standard InChI is InChI=1S/C17H23NO5S/c1-5-22-16(19)15(17(2,20-3)21-4)18-23-13-11-14(13)24-12-9-7-6-8-10-12/h6-10,13-14H,5,11H2,1-4H3. The van der Waals surface area contributed by atoms with Gasteiger partial charge in [0.1, 0.15) is 6.10 Å². The molecule has 0 aromatic heterocycles. The minimum Gasteiger partial charge on any atom is -0.461 e. The number of hydrogen-bond acceptors (Lipinski definition) is 7. The Bertz CT molecular complexity index is 574. The topological polar surface area (TPSA) is 66.4 Å². The number of methoxy groups -OCH3 is 2. The van der Waals surface area contributed by atoms with E-state index in [-0.39, 0.29) is 18.4 Å². The van der Waals surface area contributed by atoms with Crippen molar-refractivity contribution in [1.82, 2.24) is 0 Å². The van der Waals surface area contributed by atoms with E-state index >= 15 is 0 Å². The molecule has 0 bridgehead atoms. The van der Waals surface area contributed by atoms with E-state index < -0.39 is 11.8 Å². The van der Waals surface area contributed by atoms with Crippen LogP contribution in [0.1, 0.15) is 20.3 Å². The predicted octanol–water partition coefficient (Wildman–Crippen LogP) is 2.86. The molecule has 0 heterocycles. The molecule has 7 heteroatoms. The lowest BCUT2D eigenvalue weighted by atomic mass is 10.2. The highest BCUT2D eigenvalue weighted by Crippen LogP contribution is 2.41. The fourth-order valence-corrected chi connectivity index (χ4v) is 3.11. The van der Waals surface area contributed by atoms with E-state index in [9.17, 15) is 4.79 Å². The van der Waals surface area contributed by atoms with Crippen molar-refractivity contribution in [1.29, 1.82) is 0 Å². The average Bonchev–Trinajstić information content (AvgIpc) is 3.33. The SMILES string of the molecule is CCOC(=O)C(=NOC1CC1Sc1ccccc1)C(C)(OC)OC. The maximum atomic E-state index is 12.1. The molecule has 0 aliphatic heterocycles. The van der Waals surface area contributed by atoms with Crippen molar-refractivity contribution in [2.24, 2.45) is 5.16 Å². The Hall–Kier alpha value is -1.57. The van der Waals surface area contributed by atoms with E-state index in [0.717, 1.165) is 6.42 Å². The molecule has 0 saturated heterocycles. The number of oxime groups is 1. The molecular formula is C17H23NO5S. The van der Waals surface area contributed by atoms with Crippen LogP contribution in [0.3, 0.4) is 0 Å². The molecule has 0 amide bonds. The van der Waals surface area contributed by atoms with Crippen LogP contribution in [-0.4, -0.2) is 49.6 Å². The van der Waals surface area contributed by atoms with Crippen LogP contribution in [0.2, 0.25) is 0 Å². The van der Waals surface area contributed by atoms with Crippen LogP contribution in [-0.2, 0) is 23.8 Å². The lowest BCUT2D eigenvalue weighted by Crippen LogP contribution is -2.45. The fraction of sp³-hybridized carbons (Fsp3) is 0.529. The number of thioether (sulfide) groups is 1. The van der Waals surface area contributed by atoms with Gasteiger partial charge in [0.2, 0.25) is 11.5 Å². The van der Waals surface area contributed by atoms with Gasteiger partial charge in [-0.05, 0) is 26.0 Å². The number of esters is 1. The quantitative estimate of drug-likeness (QED) is 0.294. The van der Waals surface area contributed by atoms with Gasteiger partial charge in [0.05, 0.1) is 11.9 Å². The average molecular weight is 353 g/mol. The molecule has 24 heavy (non-hydrogen) atoms. The van der Waals surface area contributed by atoms with Crippen molar-refractivity contribution in [2.75, 3.05) is 20.8 Å². The van der Waals surface area contributed by atoms with Gasteiger partial charge < -0.3 is 19.0 Å². The number of nitrogens with zero attached hydrogens (tertiary/aromatic N) is 1. The van der Waals surface area contributed by atoms with Crippen molar-refractivity contribution in [2.45, 2.75) is 42.3 Å². The summed E-state index contributed by atoms with van der Waals surface area (Å²) in [5.41, 5.74) is -0.0373. The van der Waals surface area contributed by atoms with Gasteiger partial charge in [-0.25, -0.2) is 4.79 Å². The molecule has 0 radical (unpaired) electrons. The van der Waals surface area contributed by atoms with Gasteiger partial charge in [-0.2, -0.15) is 0 Å². The molecule has 2 unspecified atom stereocenters. The summed E-state index contributed by atoms with van der Waals surface area (Å²) in [6.07, 6.45) is 0.827. The molecule has 2 atom stereocenters. The van der Waals surface area contributed by atoms with E-state index in [0.29, 0.717) is 5.25 Å². The highest BCUT2D eigenvalue weighted by molar-refractivity contribution is 8.00. The van der Waals surface area contributed by atoms with Gasteiger partial charge in [0, 0.05) is 25.5 Å². The zero-order valence-electron chi connectivity index (χ0n) is 14.4. The molecule has 6 nitrogen and oxygen atoms in total. The molecule has 1 fully saturated rings. The number of rotatable bonds is 9. The fourth-order valence-electron chi connectivity index (χ4n) is 1.96. The summed E-state index contributed by atoms with van der Waals surface area (Å²) in [5.74, 6) is -1.93. The van der Waals surface area contributed by atoms with Crippen LogP contribution in [0, 0.1) is 0 Å². The lowest BCUT2D eigenvalue weighted by molar-refractivity contribution is -0.155. The number of carbonyl (C=O) groups is 1. The summed E-state index contributed by atoms with van der Waals surface area (Å²) in [5, 5.41) is 4.30. The summed E-state index contributed by atoms with van der Waals surface area (Å²) in [6.45, 7) is 3.55. The molecule has 1 aliphatic carbocycles. The highest BCUT2D eigenvalue weighted by atomic mass is 32.2. The minimum atomic E-state index is -1.32. The van der Waals surface area contributed by atoms with Crippen LogP contribution in [0.25, 0.3) is 0 Å². The highest BCUT2D eigenvalue weighted by Gasteiger charge is 2.43. The maximum absolute atomic E-state index is 12.1. The Morgan fingerprint density at radius 2 is 1.96 bits per heavy atom. The smallest absolute Gasteiger partial charge is 0.361 e. The number of carbonyl (C=O) groups excluding carboxylic acids is 1. The Morgan fingerprint density at radius 1 is 1.29 bits per heavy atom. The van der Waals surface area contributed by atoms with Crippen molar-refractivity contribution in [3.8, 4) is 0 Å². The monoisotopic (exact) mass is 353 g/mol. The van der Waals surface area contributed by atoms with E-state index in [4.69, 9.17) is 19.0 Å². The first kappa shape index (κ1) is 18.8. The Labute approximate surface area is 146 Å². The van der Waals surface area contributed by atoms with Crippen LogP contribution in [0.15, 0.2) is 40.4 Å². The van der Waals surface area contributed by atoms with E-state index in [1.54, 1.807) is 25.6 Å². The zero-order valence-corrected chi connectivity index (χ0v) is 15.2. The first-order valence-corrected chi connectivity index (χ1v) is 8.65. The zero-order chi connectivity index (χ0) is 17.6. The number of benzene rings is 1. The second kappa shape index (κ2) is 8.50. The molecule has 2 rings (SSSR count). The number of ether oxygens (including phenoxy) is 3. The summed E-state index contributed by atoms with van der Waals surface area (Å²) in [4.78, 5) is 18.8. The molecule has 1 aliphatic rings. The van der Waals surface area contributed by atoms with Crippen molar-refractivity contribution in [3.05, 3.63) is 30.3 Å². The third-order valence-electron chi connectivity index (χ3n) is 3.66. The first-order chi connectivity index (χ1) is 11.5. The molecule has 132 valence electrons. The van der Waals surface area contributed by atoms with Crippen molar-refractivity contribution in [3.63, 3.8) is 0 Å². The molecule has 0 N–H and O–H groups in total. The van der Waals surface area contributed by atoms with Gasteiger partial charge in [-0.3, -0.25) is 0 Å². The second-order valence-electron chi connectivity index (χ2n) is 5.36. The van der Waals surface area contributed by atoms with Crippen molar-refractivity contribution < 1.29 is 23.8 Å². The van der Waals surface area contributed by atoms with Crippen LogP contribution in [0.4, 0.5) is 0 Å². The second-order valence-corrected chi connectivity index (χ2v) is 6.68. The van der Waals surface area contributed by atoms with Crippen LogP contribution >= 0.6 is 11.8 Å². The number of hydrogen-bond donors (Lipinski definition) is 0. The minimum absolute atomic E-state index is 0.0373. The predicted molar refractivity (Wildman–Crippen MR) is 92.1 cm³/mol. The molecular weight excluding hydrogens is 330 g/mol. The third kappa shape index (κ3) is 4.72. The molecule has 1 aromatic rings. The third-order valence-corrected chi connectivity index (χ3v) is 5.01. The van der Waals surface area contributed by atoms with Gasteiger partial charge in [-0.1, -0.05) is 23.4 Å².